The minimum atomic E-state index is 0.246. The number of benzene rings is 1. The van der Waals surface area contributed by atoms with Gasteiger partial charge in [-0.15, -0.1) is 0 Å². The lowest BCUT2D eigenvalue weighted by atomic mass is 9.94. The van der Waals surface area contributed by atoms with Gasteiger partial charge in [0, 0.05) is 34.0 Å². The van der Waals surface area contributed by atoms with Gasteiger partial charge in [0.05, 0.1) is 5.56 Å². The van der Waals surface area contributed by atoms with Crippen LogP contribution in [0.25, 0.3) is 5.69 Å². The average molecular weight is 329 g/mol. The minimum Gasteiger partial charge on any atom is -0.320 e. The molecule has 0 amide bonds. The Kier molecular flexibility index (Phi) is 3.23. The molecule has 0 radical (unpaired) electrons. The highest BCUT2D eigenvalue weighted by Gasteiger charge is 2.24. The van der Waals surface area contributed by atoms with Crippen molar-refractivity contribution in [2.75, 3.05) is 0 Å². The molecule has 0 unspecified atom stereocenters. The second-order valence-corrected chi connectivity index (χ2v) is 5.91. The zero-order valence-electron chi connectivity index (χ0n) is 11.1. The summed E-state index contributed by atoms with van der Waals surface area (Å²) in [6.07, 6.45) is 4.50. The number of hydrogen-bond donors (Lipinski definition) is 0. The van der Waals surface area contributed by atoms with Crippen molar-refractivity contribution in [2.24, 2.45) is 0 Å². The number of rotatable bonds is 1. The van der Waals surface area contributed by atoms with E-state index < -0.39 is 0 Å². The quantitative estimate of drug-likeness (QED) is 0.795. The lowest BCUT2D eigenvalue weighted by Gasteiger charge is -2.15. The van der Waals surface area contributed by atoms with Crippen LogP contribution in [0, 0.1) is 18.3 Å². The van der Waals surface area contributed by atoms with Gasteiger partial charge in [-0.05, 0) is 59.5 Å². The van der Waals surface area contributed by atoms with Gasteiger partial charge >= 0.3 is 0 Å². The van der Waals surface area contributed by atoms with E-state index in [1.54, 1.807) is 6.07 Å². The molecule has 20 heavy (non-hydrogen) atoms. The van der Waals surface area contributed by atoms with Crippen LogP contribution in [0.1, 0.15) is 40.0 Å². The van der Waals surface area contributed by atoms with Crippen LogP contribution in [0.2, 0.25) is 0 Å². The molecule has 1 heterocycles. The Morgan fingerprint density at radius 3 is 2.85 bits per heavy atom. The Hall–Kier alpha value is -1.86. The van der Waals surface area contributed by atoms with Crippen LogP contribution < -0.4 is 0 Å². The topological polar surface area (TPSA) is 45.8 Å². The van der Waals surface area contributed by atoms with Crippen LogP contribution in [0.4, 0.5) is 0 Å². The Morgan fingerprint density at radius 2 is 2.15 bits per heavy atom. The lowest BCUT2D eigenvalue weighted by molar-refractivity contribution is 0.0971. The fourth-order valence-corrected chi connectivity index (χ4v) is 3.28. The van der Waals surface area contributed by atoms with Gasteiger partial charge in [0.1, 0.15) is 6.07 Å². The van der Waals surface area contributed by atoms with E-state index in [0.717, 1.165) is 39.8 Å². The first kappa shape index (κ1) is 13.1. The number of fused-ring (bicyclic) bond motifs is 1. The van der Waals surface area contributed by atoms with Crippen molar-refractivity contribution in [2.45, 2.75) is 26.2 Å². The number of aryl methyl sites for hydroxylation is 1. The van der Waals surface area contributed by atoms with Gasteiger partial charge in [-0.25, -0.2) is 0 Å². The second-order valence-electron chi connectivity index (χ2n) is 5.06. The van der Waals surface area contributed by atoms with E-state index in [4.69, 9.17) is 5.26 Å². The molecular formula is C16H13BrN2O. The number of nitrogens with zero attached hydrogens (tertiary/aromatic N) is 2. The largest absolute Gasteiger partial charge is 0.320 e. The van der Waals surface area contributed by atoms with Crippen LogP contribution in [-0.2, 0) is 6.42 Å². The SMILES string of the molecule is Cc1cn(-c2ccc(C#N)c(Br)c2)c2c1C(=O)CCC2. The van der Waals surface area contributed by atoms with Crippen LogP contribution in [0.3, 0.4) is 0 Å². The third-order valence-corrected chi connectivity index (χ3v) is 4.40. The highest BCUT2D eigenvalue weighted by molar-refractivity contribution is 9.10. The number of ketones is 1. The smallest absolute Gasteiger partial charge is 0.164 e. The molecule has 100 valence electrons. The molecular weight excluding hydrogens is 316 g/mol. The van der Waals surface area contributed by atoms with Gasteiger partial charge < -0.3 is 4.57 Å². The maximum atomic E-state index is 12.1. The zero-order valence-corrected chi connectivity index (χ0v) is 12.7. The molecule has 0 N–H and O–H groups in total. The molecule has 0 bridgehead atoms. The zero-order chi connectivity index (χ0) is 14.3. The van der Waals surface area contributed by atoms with Crippen LogP contribution in [-0.4, -0.2) is 10.4 Å². The third-order valence-electron chi connectivity index (χ3n) is 3.74. The van der Waals surface area contributed by atoms with Crippen molar-refractivity contribution in [3.05, 3.63) is 51.3 Å². The van der Waals surface area contributed by atoms with Crippen molar-refractivity contribution in [3.63, 3.8) is 0 Å². The molecule has 0 atom stereocenters. The van der Waals surface area contributed by atoms with Crippen molar-refractivity contribution in [1.82, 2.24) is 4.57 Å². The number of halogens is 1. The summed E-state index contributed by atoms with van der Waals surface area (Å²) in [6, 6.07) is 7.78. The van der Waals surface area contributed by atoms with Crippen molar-refractivity contribution >= 4 is 21.7 Å². The van der Waals surface area contributed by atoms with E-state index >= 15 is 0 Å². The van der Waals surface area contributed by atoms with Gasteiger partial charge in [-0.3, -0.25) is 4.79 Å². The van der Waals surface area contributed by atoms with E-state index in [0.29, 0.717) is 12.0 Å². The summed E-state index contributed by atoms with van der Waals surface area (Å²) in [5, 5.41) is 8.98. The lowest BCUT2D eigenvalue weighted by Crippen LogP contribution is -2.13. The van der Waals surface area contributed by atoms with Crippen molar-refractivity contribution in [3.8, 4) is 11.8 Å². The molecule has 0 saturated heterocycles. The first-order chi connectivity index (χ1) is 9.61. The van der Waals surface area contributed by atoms with Crippen LogP contribution >= 0.6 is 15.9 Å². The van der Waals surface area contributed by atoms with E-state index in [1.165, 1.54) is 0 Å². The Bertz CT molecular complexity index is 753. The van der Waals surface area contributed by atoms with Crippen LogP contribution in [0.5, 0.6) is 0 Å². The first-order valence-electron chi connectivity index (χ1n) is 6.56. The van der Waals surface area contributed by atoms with Gasteiger partial charge in [-0.1, -0.05) is 0 Å². The van der Waals surface area contributed by atoms with E-state index in [9.17, 15) is 4.79 Å². The number of aromatic nitrogens is 1. The number of carbonyl (C=O) groups is 1. The third kappa shape index (κ3) is 1.99. The predicted molar refractivity (Wildman–Crippen MR) is 80.2 cm³/mol. The Balaban J connectivity index is 2.17. The molecule has 0 saturated carbocycles. The fourth-order valence-electron chi connectivity index (χ4n) is 2.83. The standard InChI is InChI=1S/C16H13BrN2O/c1-10-9-19(14-3-2-4-15(20)16(10)14)12-6-5-11(8-18)13(17)7-12/h5-7,9H,2-4H2,1H3. The number of nitriles is 1. The predicted octanol–water partition coefficient (Wildman–Crippen LogP) is 3.94. The molecule has 0 fully saturated rings. The Labute approximate surface area is 126 Å². The second kappa shape index (κ2) is 4.92. The fraction of sp³-hybridized carbons (Fsp3) is 0.250. The van der Waals surface area contributed by atoms with Crippen molar-refractivity contribution in [1.29, 1.82) is 5.26 Å². The van der Waals surface area contributed by atoms with Gasteiger partial charge in [0.15, 0.2) is 5.78 Å². The summed E-state index contributed by atoms with van der Waals surface area (Å²) in [7, 11) is 0. The van der Waals surface area contributed by atoms with Crippen molar-refractivity contribution < 1.29 is 4.79 Å². The summed E-state index contributed by atoms with van der Waals surface area (Å²) in [4.78, 5) is 12.1. The summed E-state index contributed by atoms with van der Waals surface area (Å²) in [5.41, 5.74) is 4.61. The van der Waals surface area contributed by atoms with Crippen LogP contribution in [0.15, 0.2) is 28.9 Å². The first-order valence-corrected chi connectivity index (χ1v) is 7.35. The van der Waals surface area contributed by atoms with E-state index in [2.05, 4.69) is 26.6 Å². The van der Waals surface area contributed by atoms with E-state index in [1.807, 2.05) is 25.3 Å². The maximum absolute atomic E-state index is 12.1. The van der Waals surface area contributed by atoms with E-state index in [-0.39, 0.29) is 5.78 Å². The molecule has 0 spiro atoms. The monoisotopic (exact) mass is 328 g/mol. The molecule has 4 heteroatoms. The summed E-state index contributed by atoms with van der Waals surface area (Å²) >= 11 is 3.42. The number of Topliss-reactive ketones (excluding diaryl/α,β-unsaturated/α-hetero) is 1. The number of carbonyl (C=O) groups excluding carboxylic acids is 1. The summed E-state index contributed by atoms with van der Waals surface area (Å²) in [5.74, 6) is 0.246. The number of hydrogen-bond acceptors (Lipinski definition) is 2. The Morgan fingerprint density at radius 1 is 1.35 bits per heavy atom. The molecule has 1 aliphatic carbocycles. The molecule has 0 aliphatic heterocycles. The molecule has 2 aromatic rings. The van der Waals surface area contributed by atoms with Gasteiger partial charge in [0.25, 0.3) is 0 Å². The van der Waals surface area contributed by atoms with Gasteiger partial charge in [0.2, 0.25) is 0 Å². The maximum Gasteiger partial charge on any atom is 0.164 e. The molecule has 1 aromatic carbocycles. The summed E-state index contributed by atoms with van der Waals surface area (Å²) < 4.78 is 2.85. The van der Waals surface area contributed by atoms with Gasteiger partial charge in [-0.2, -0.15) is 5.26 Å². The molecule has 3 nitrogen and oxygen atoms in total. The normalized spacial score (nSPS) is 13.9. The molecule has 1 aliphatic rings. The molecule has 3 rings (SSSR count). The molecule has 1 aromatic heterocycles. The minimum absolute atomic E-state index is 0.246. The highest BCUT2D eigenvalue weighted by atomic mass is 79.9. The highest BCUT2D eigenvalue weighted by Crippen LogP contribution is 2.30. The summed E-state index contributed by atoms with van der Waals surface area (Å²) in [6.45, 7) is 1.98. The average Bonchev–Trinajstić information content (AvgIpc) is 2.77.